The Labute approximate surface area is 192 Å². The summed E-state index contributed by atoms with van der Waals surface area (Å²) in [6, 6.07) is 8.06. The summed E-state index contributed by atoms with van der Waals surface area (Å²) < 4.78 is 16.5. The predicted molar refractivity (Wildman–Crippen MR) is 129 cm³/mol. The number of rotatable bonds is 10. The SMILES string of the molecule is CCNC(=NCC(C(C)C)N1CCOCC1)NCCOc1cccc(OC)c1.I. The lowest BCUT2D eigenvalue weighted by Crippen LogP contribution is -2.48. The van der Waals surface area contributed by atoms with E-state index in [1.54, 1.807) is 7.11 Å². The van der Waals surface area contributed by atoms with E-state index in [2.05, 4.69) is 36.3 Å². The van der Waals surface area contributed by atoms with Crippen LogP contribution < -0.4 is 20.1 Å². The summed E-state index contributed by atoms with van der Waals surface area (Å²) in [5.41, 5.74) is 0. The zero-order chi connectivity index (χ0) is 20.2. The Kier molecular flexibility index (Phi) is 13.0. The van der Waals surface area contributed by atoms with Crippen LogP contribution in [-0.2, 0) is 4.74 Å². The van der Waals surface area contributed by atoms with E-state index in [1.165, 1.54) is 0 Å². The van der Waals surface area contributed by atoms with E-state index >= 15 is 0 Å². The Morgan fingerprint density at radius 1 is 1.21 bits per heavy atom. The third-order valence-corrected chi connectivity index (χ3v) is 4.77. The highest BCUT2D eigenvalue weighted by atomic mass is 127. The number of hydrogen-bond donors (Lipinski definition) is 2. The van der Waals surface area contributed by atoms with Crippen LogP contribution in [0.1, 0.15) is 20.8 Å². The molecule has 8 heteroatoms. The molecule has 0 spiro atoms. The number of guanidine groups is 1. The minimum atomic E-state index is 0. The normalized spacial score (nSPS) is 16.1. The van der Waals surface area contributed by atoms with E-state index in [-0.39, 0.29) is 24.0 Å². The van der Waals surface area contributed by atoms with Gasteiger partial charge < -0.3 is 24.8 Å². The van der Waals surface area contributed by atoms with Crippen molar-refractivity contribution in [2.45, 2.75) is 26.8 Å². The highest BCUT2D eigenvalue weighted by Gasteiger charge is 2.23. The van der Waals surface area contributed by atoms with Gasteiger partial charge in [0, 0.05) is 31.7 Å². The largest absolute Gasteiger partial charge is 0.497 e. The summed E-state index contributed by atoms with van der Waals surface area (Å²) in [5.74, 6) is 2.97. The van der Waals surface area contributed by atoms with E-state index in [0.717, 1.165) is 56.9 Å². The van der Waals surface area contributed by atoms with Crippen LogP contribution in [0, 0.1) is 5.92 Å². The maximum Gasteiger partial charge on any atom is 0.191 e. The Balaban J connectivity index is 0.00000420. The topological polar surface area (TPSA) is 67.4 Å². The molecule has 0 radical (unpaired) electrons. The molecule has 1 unspecified atom stereocenters. The smallest absolute Gasteiger partial charge is 0.191 e. The molecule has 1 saturated heterocycles. The van der Waals surface area contributed by atoms with Crippen molar-refractivity contribution >= 4 is 29.9 Å². The average molecular weight is 520 g/mol. The molecule has 1 heterocycles. The van der Waals surface area contributed by atoms with Crippen LogP contribution in [0.3, 0.4) is 0 Å². The molecule has 2 N–H and O–H groups in total. The van der Waals surface area contributed by atoms with E-state index in [4.69, 9.17) is 19.2 Å². The second kappa shape index (κ2) is 14.7. The molecule has 1 aromatic carbocycles. The number of morpholine rings is 1. The van der Waals surface area contributed by atoms with Crippen LogP contribution >= 0.6 is 24.0 Å². The highest BCUT2D eigenvalue weighted by Crippen LogP contribution is 2.18. The first-order valence-electron chi connectivity index (χ1n) is 10.2. The summed E-state index contributed by atoms with van der Waals surface area (Å²) >= 11 is 0. The van der Waals surface area contributed by atoms with Gasteiger partial charge in [-0.3, -0.25) is 9.89 Å². The summed E-state index contributed by atoms with van der Waals surface area (Å²) in [5, 5.41) is 6.67. The quantitative estimate of drug-likeness (QED) is 0.214. The molecule has 1 aliphatic rings. The number of nitrogens with one attached hydrogen (secondary N) is 2. The van der Waals surface area contributed by atoms with Crippen molar-refractivity contribution < 1.29 is 14.2 Å². The molecule has 0 bridgehead atoms. The van der Waals surface area contributed by atoms with Crippen LogP contribution in [-0.4, -0.2) is 76.6 Å². The molecule has 7 nitrogen and oxygen atoms in total. The third-order valence-electron chi connectivity index (χ3n) is 4.77. The first-order valence-corrected chi connectivity index (χ1v) is 10.2. The minimum Gasteiger partial charge on any atom is -0.497 e. The Morgan fingerprint density at radius 2 is 1.93 bits per heavy atom. The first-order chi connectivity index (χ1) is 13.6. The van der Waals surface area contributed by atoms with Gasteiger partial charge in [-0.2, -0.15) is 0 Å². The number of ether oxygens (including phenoxy) is 3. The fraction of sp³-hybridized carbons (Fsp3) is 0.667. The molecule has 0 aromatic heterocycles. The fourth-order valence-electron chi connectivity index (χ4n) is 3.21. The zero-order valence-corrected chi connectivity index (χ0v) is 20.5. The van der Waals surface area contributed by atoms with Gasteiger partial charge in [-0.05, 0) is 25.0 Å². The fourth-order valence-corrected chi connectivity index (χ4v) is 3.21. The molecule has 0 aliphatic carbocycles. The lowest BCUT2D eigenvalue weighted by atomic mass is 10.0. The highest BCUT2D eigenvalue weighted by molar-refractivity contribution is 14.0. The molecule has 1 aromatic rings. The molecule has 29 heavy (non-hydrogen) atoms. The summed E-state index contributed by atoms with van der Waals surface area (Å²) in [6.45, 7) is 13.0. The van der Waals surface area contributed by atoms with Crippen molar-refractivity contribution in [2.75, 3.05) is 59.7 Å². The number of aliphatic imine (C=N–C) groups is 1. The van der Waals surface area contributed by atoms with Crippen LogP contribution in [0.15, 0.2) is 29.3 Å². The summed E-state index contributed by atoms with van der Waals surface area (Å²) in [4.78, 5) is 7.31. The molecular weight excluding hydrogens is 483 g/mol. The van der Waals surface area contributed by atoms with Gasteiger partial charge in [-0.25, -0.2) is 0 Å². The Morgan fingerprint density at radius 3 is 2.59 bits per heavy atom. The Hall–Kier alpha value is -1.26. The molecule has 0 amide bonds. The van der Waals surface area contributed by atoms with Crippen molar-refractivity contribution in [1.82, 2.24) is 15.5 Å². The van der Waals surface area contributed by atoms with E-state index < -0.39 is 0 Å². The van der Waals surface area contributed by atoms with Gasteiger partial charge in [0.25, 0.3) is 0 Å². The number of halogens is 1. The van der Waals surface area contributed by atoms with Crippen molar-refractivity contribution in [3.05, 3.63) is 24.3 Å². The van der Waals surface area contributed by atoms with Gasteiger partial charge in [0.15, 0.2) is 5.96 Å². The average Bonchev–Trinajstić information content (AvgIpc) is 2.72. The second-order valence-corrected chi connectivity index (χ2v) is 7.13. The van der Waals surface area contributed by atoms with Crippen LogP contribution in [0.2, 0.25) is 0 Å². The lowest BCUT2D eigenvalue weighted by molar-refractivity contribution is 0.00867. The number of nitrogens with zero attached hydrogens (tertiary/aromatic N) is 2. The number of methoxy groups -OCH3 is 1. The first kappa shape index (κ1) is 25.8. The molecule has 1 atom stereocenters. The second-order valence-electron chi connectivity index (χ2n) is 7.13. The third kappa shape index (κ3) is 9.39. The molecule has 2 rings (SSSR count). The molecular formula is C21H37IN4O3. The lowest BCUT2D eigenvalue weighted by Gasteiger charge is -2.36. The van der Waals surface area contributed by atoms with Crippen molar-refractivity contribution in [3.63, 3.8) is 0 Å². The standard InChI is InChI=1S/C21H36N4O3.HI/c1-5-22-21(23-9-12-28-19-8-6-7-18(15-19)26-4)24-16-20(17(2)3)25-10-13-27-14-11-25;/h6-8,15,17,20H,5,9-14,16H2,1-4H3,(H2,22,23,24);1H. The van der Waals surface area contributed by atoms with Crippen molar-refractivity contribution in [2.24, 2.45) is 10.9 Å². The van der Waals surface area contributed by atoms with Gasteiger partial charge in [0.1, 0.15) is 18.1 Å². The molecule has 0 saturated carbocycles. The van der Waals surface area contributed by atoms with Gasteiger partial charge in [0.05, 0.1) is 33.4 Å². The van der Waals surface area contributed by atoms with Gasteiger partial charge >= 0.3 is 0 Å². The molecule has 1 aliphatic heterocycles. The minimum absolute atomic E-state index is 0. The maximum absolute atomic E-state index is 5.79. The molecule has 166 valence electrons. The number of hydrogen-bond acceptors (Lipinski definition) is 5. The van der Waals surface area contributed by atoms with E-state index in [1.807, 2.05) is 24.3 Å². The summed E-state index contributed by atoms with van der Waals surface area (Å²) in [6.07, 6.45) is 0. The monoisotopic (exact) mass is 520 g/mol. The van der Waals surface area contributed by atoms with Crippen LogP contribution in [0.25, 0.3) is 0 Å². The summed E-state index contributed by atoms with van der Waals surface area (Å²) in [7, 11) is 1.65. The molecule has 1 fully saturated rings. The predicted octanol–water partition coefficient (Wildman–Crippen LogP) is 2.60. The van der Waals surface area contributed by atoms with E-state index in [9.17, 15) is 0 Å². The van der Waals surface area contributed by atoms with Crippen molar-refractivity contribution in [1.29, 1.82) is 0 Å². The maximum atomic E-state index is 5.79. The zero-order valence-electron chi connectivity index (χ0n) is 18.1. The van der Waals surface area contributed by atoms with E-state index in [0.29, 0.717) is 25.1 Å². The Bertz CT molecular complexity index is 595. The van der Waals surface area contributed by atoms with Gasteiger partial charge in [-0.1, -0.05) is 19.9 Å². The number of benzene rings is 1. The van der Waals surface area contributed by atoms with Crippen LogP contribution in [0.4, 0.5) is 0 Å². The van der Waals surface area contributed by atoms with Crippen molar-refractivity contribution in [3.8, 4) is 11.5 Å². The van der Waals surface area contributed by atoms with Crippen LogP contribution in [0.5, 0.6) is 11.5 Å². The van der Waals surface area contributed by atoms with Gasteiger partial charge in [0.2, 0.25) is 0 Å². The van der Waals surface area contributed by atoms with Gasteiger partial charge in [-0.15, -0.1) is 24.0 Å².